The molecule has 144 valence electrons. The third kappa shape index (κ3) is 3.57. The van der Waals surface area contributed by atoms with Crippen LogP contribution >= 0.6 is 23.4 Å². The molecule has 1 aromatic heterocycles. The minimum atomic E-state index is -0.553. The molecular weight excluding hydrogens is 401 g/mol. The number of nitrogens with zero attached hydrogens (tertiary/aromatic N) is 3. The number of para-hydroxylation sites is 1. The Kier molecular flexibility index (Phi) is 5.23. The molecule has 2 aromatic carbocycles. The molecule has 0 radical (unpaired) electrons. The van der Waals surface area contributed by atoms with Crippen molar-refractivity contribution in [1.82, 2.24) is 14.9 Å². The number of aromatic nitrogens is 3. The molecule has 9 heteroatoms. The van der Waals surface area contributed by atoms with Crippen molar-refractivity contribution in [2.45, 2.75) is 29.8 Å². The maximum Gasteiger partial charge on any atom is 0.240 e. The summed E-state index contributed by atoms with van der Waals surface area (Å²) in [6.07, 6.45) is 0.688. The Bertz CT molecular complexity index is 1010. The number of aryl methyl sites for hydroxylation is 1. The number of halogens is 2. The van der Waals surface area contributed by atoms with Crippen LogP contribution in [0.4, 0.5) is 10.1 Å². The van der Waals surface area contributed by atoms with Crippen molar-refractivity contribution >= 4 is 35.0 Å². The number of amides is 1. The molecule has 1 aliphatic rings. The van der Waals surface area contributed by atoms with E-state index in [1.165, 1.54) is 23.9 Å². The third-order valence-corrected chi connectivity index (χ3v) is 5.98. The molecule has 6 nitrogen and oxygen atoms in total. The van der Waals surface area contributed by atoms with Gasteiger partial charge in [-0.15, -0.1) is 10.2 Å². The molecular formula is C19H17ClFN5OS. The lowest BCUT2D eigenvalue weighted by Crippen LogP contribution is -2.41. The number of carbonyl (C=O) groups excluding carboxylic acids is 1. The lowest BCUT2D eigenvalue weighted by molar-refractivity contribution is -0.116. The Morgan fingerprint density at radius 2 is 2.00 bits per heavy atom. The van der Waals surface area contributed by atoms with Gasteiger partial charge >= 0.3 is 0 Å². The van der Waals surface area contributed by atoms with E-state index >= 15 is 0 Å². The summed E-state index contributed by atoms with van der Waals surface area (Å²) in [4.78, 5) is 13.1. The van der Waals surface area contributed by atoms with Crippen molar-refractivity contribution in [3.63, 3.8) is 0 Å². The van der Waals surface area contributed by atoms with Gasteiger partial charge in [0.15, 0.2) is 5.82 Å². The zero-order valence-corrected chi connectivity index (χ0v) is 16.5. The molecule has 0 saturated heterocycles. The molecule has 0 aliphatic carbocycles. The average molecular weight is 418 g/mol. The number of benzene rings is 2. The predicted octanol–water partition coefficient (Wildman–Crippen LogP) is 4.03. The molecule has 0 unspecified atom stereocenters. The Labute approximate surface area is 170 Å². The van der Waals surface area contributed by atoms with E-state index in [1.807, 2.05) is 6.92 Å². The summed E-state index contributed by atoms with van der Waals surface area (Å²) in [5.41, 5.74) is 4.64. The van der Waals surface area contributed by atoms with Crippen molar-refractivity contribution in [2.75, 3.05) is 10.7 Å². The fourth-order valence-electron chi connectivity index (χ4n) is 3.01. The number of anilines is 1. The second-order valence-electron chi connectivity index (χ2n) is 6.25. The van der Waals surface area contributed by atoms with Gasteiger partial charge in [0.1, 0.15) is 11.1 Å². The molecule has 28 heavy (non-hydrogen) atoms. The van der Waals surface area contributed by atoms with Crippen molar-refractivity contribution < 1.29 is 9.18 Å². The number of fused-ring (bicyclic) bond motifs is 1. The summed E-state index contributed by atoms with van der Waals surface area (Å²) in [5, 5.41) is 11.7. The van der Waals surface area contributed by atoms with Crippen LogP contribution in [0, 0.1) is 5.82 Å². The molecule has 3 aromatic rings. The molecule has 1 aliphatic heterocycles. The van der Waals surface area contributed by atoms with Gasteiger partial charge in [-0.3, -0.25) is 4.79 Å². The minimum absolute atomic E-state index is 0.229. The highest BCUT2D eigenvalue weighted by atomic mass is 35.5. The molecule has 2 N–H and O–H groups in total. The first kappa shape index (κ1) is 18.8. The largest absolute Gasteiger partial charge is 0.324 e. The molecule has 0 spiro atoms. The maximum absolute atomic E-state index is 13.4. The second-order valence-corrected chi connectivity index (χ2v) is 7.77. The first-order valence-corrected chi connectivity index (χ1v) is 10.0. The summed E-state index contributed by atoms with van der Waals surface area (Å²) >= 11 is 7.49. The van der Waals surface area contributed by atoms with E-state index in [0.29, 0.717) is 22.3 Å². The number of thioether (sulfide) groups is 1. The molecule has 2 heterocycles. The second kappa shape index (κ2) is 7.81. The van der Waals surface area contributed by atoms with Crippen LogP contribution in [0.3, 0.4) is 0 Å². The zero-order chi connectivity index (χ0) is 19.7. The normalized spacial score (nSPS) is 18.2. The van der Waals surface area contributed by atoms with Gasteiger partial charge in [-0.1, -0.05) is 54.6 Å². The summed E-state index contributed by atoms with van der Waals surface area (Å²) in [6.45, 7) is 1.98. The van der Waals surface area contributed by atoms with E-state index in [2.05, 4.69) is 20.9 Å². The van der Waals surface area contributed by atoms with E-state index in [0.717, 1.165) is 11.4 Å². The number of hydrogen-bond donors (Lipinski definition) is 2. The highest BCUT2D eigenvalue weighted by Crippen LogP contribution is 2.38. The monoisotopic (exact) mass is 417 g/mol. The average Bonchev–Trinajstić information content (AvgIpc) is 3.11. The van der Waals surface area contributed by atoms with E-state index in [-0.39, 0.29) is 11.7 Å². The Hall–Kier alpha value is -2.58. The number of hydrogen-bond acceptors (Lipinski definition) is 5. The summed E-state index contributed by atoms with van der Waals surface area (Å²) < 4.78 is 15.2. The van der Waals surface area contributed by atoms with Crippen LogP contribution in [0.15, 0.2) is 53.7 Å². The van der Waals surface area contributed by atoms with Crippen LogP contribution in [-0.2, 0) is 11.2 Å². The Morgan fingerprint density at radius 3 is 2.71 bits per heavy atom. The lowest BCUT2D eigenvalue weighted by atomic mass is 10.0. The van der Waals surface area contributed by atoms with Gasteiger partial charge in [0, 0.05) is 6.42 Å². The SMILES string of the molecule is CCc1nnc2n1N[C@H](c1ccc(F)cc1)[C@@H](C(=O)Nc1ccccc1Cl)S2. The standard InChI is InChI=1S/C19H17ClFN5OS/c1-2-15-23-24-19-26(15)25-16(11-7-9-12(21)10-8-11)17(28-19)18(27)22-14-6-4-3-5-13(14)20/h3-10,16-17,25H,2H2,1H3,(H,22,27)/t16-,17+/m1/s1. The fraction of sp³-hybridized carbons (Fsp3) is 0.211. The quantitative estimate of drug-likeness (QED) is 0.670. The molecule has 4 rings (SSSR count). The van der Waals surface area contributed by atoms with Crippen LogP contribution in [-0.4, -0.2) is 26.0 Å². The van der Waals surface area contributed by atoms with E-state index in [9.17, 15) is 9.18 Å². The van der Waals surface area contributed by atoms with Crippen LogP contribution in [0.1, 0.15) is 24.4 Å². The van der Waals surface area contributed by atoms with Crippen LogP contribution in [0.2, 0.25) is 5.02 Å². The van der Waals surface area contributed by atoms with Crippen molar-refractivity contribution in [3.8, 4) is 0 Å². The molecule has 0 saturated carbocycles. The van der Waals surface area contributed by atoms with Crippen LogP contribution in [0.5, 0.6) is 0 Å². The van der Waals surface area contributed by atoms with Crippen LogP contribution in [0.25, 0.3) is 0 Å². The van der Waals surface area contributed by atoms with Gasteiger partial charge in [0.2, 0.25) is 11.1 Å². The minimum Gasteiger partial charge on any atom is -0.324 e. The van der Waals surface area contributed by atoms with Gasteiger partial charge in [-0.25, -0.2) is 9.07 Å². The van der Waals surface area contributed by atoms with E-state index in [1.54, 1.807) is 41.1 Å². The smallest absolute Gasteiger partial charge is 0.240 e. The highest BCUT2D eigenvalue weighted by molar-refractivity contribution is 8.00. The van der Waals surface area contributed by atoms with Gasteiger partial charge in [-0.05, 0) is 29.8 Å². The van der Waals surface area contributed by atoms with Crippen LogP contribution < -0.4 is 10.7 Å². The van der Waals surface area contributed by atoms with Gasteiger partial charge in [-0.2, -0.15) is 0 Å². The highest BCUT2D eigenvalue weighted by Gasteiger charge is 2.37. The molecule has 2 atom stereocenters. The summed E-state index contributed by atoms with van der Waals surface area (Å²) in [6, 6.07) is 12.8. The summed E-state index contributed by atoms with van der Waals surface area (Å²) in [5.74, 6) is 0.204. The first-order chi connectivity index (χ1) is 13.6. The van der Waals surface area contributed by atoms with Gasteiger partial charge in [0.25, 0.3) is 0 Å². The number of carbonyl (C=O) groups is 1. The zero-order valence-electron chi connectivity index (χ0n) is 14.9. The summed E-state index contributed by atoms with van der Waals surface area (Å²) in [7, 11) is 0. The predicted molar refractivity (Wildman–Crippen MR) is 108 cm³/mol. The molecule has 0 bridgehead atoms. The van der Waals surface area contributed by atoms with E-state index in [4.69, 9.17) is 11.6 Å². The lowest BCUT2D eigenvalue weighted by Gasteiger charge is -2.33. The Balaban J connectivity index is 1.68. The molecule has 1 amide bonds. The number of nitrogens with one attached hydrogen (secondary N) is 2. The Morgan fingerprint density at radius 1 is 1.25 bits per heavy atom. The van der Waals surface area contributed by atoms with Crippen molar-refractivity contribution in [1.29, 1.82) is 0 Å². The van der Waals surface area contributed by atoms with E-state index < -0.39 is 11.3 Å². The maximum atomic E-state index is 13.4. The molecule has 0 fully saturated rings. The first-order valence-electron chi connectivity index (χ1n) is 8.75. The van der Waals surface area contributed by atoms with Crippen molar-refractivity contribution in [3.05, 3.63) is 70.8 Å². The van der Waals surface area contributed by atoms with Gasteiger partial charge in [0.05, 0.1) is 16.8 Å². The van der Waals surface area contributed by atoms with Crippen molar-refractivity contribution in [2.24, 2.45) is 0 Å². The number of rotatable bonds is 4. The third-order valence-electron chi connectivity index (χ3n) is 4.44. The fourth-order valence-corrected chi connectivity index (χ4v) is 4.30. The van der Waals surface area contributed by atoms with Gasteiger partial charge < -0.3 is 10.7 Å². The topological polar surface area (TPSA) is 71.8 Å².